The predicted molar refractivity (Wildman–Crippen MR) is 171 cm³/mol. The molecule has 0 unspecified atom stereocenters. The number of nitrogen functional groups attached to an aromatic ring is 1. The number of nitrogens with zero attached hydrogens (tertiary/aromatic N) is 4. The molecule has 0 aliphatic rings. The largest absolute Gasteiger partial charge is 0.445 e. The van der Waals surface area contributed by atoms with Gasteiger partial charge < -0.3 is 34.0 Å². The molecule has 0 fully saturated rings. The maximum Gasteiger partial charge on any atom is 0.396 e. The second kappa shape index (κ2) is 16.8. The highest BCUT2D eigenvalue weighted by molar-refractivity contribution is 8.77. The fraction of sp³-hybridized carbons (Fsp3) is 0.400. The number of furan rings is 1. The van der Waals surface area contributed by atoms with Gasteiger partial charge in [0.25, 0.3) is 0 Å². The van der Waals surface area contributed by atoms with Gasteiger partial charge in [-0.2, -0.15) is 0 Å². The Hall–Kier alpha value is -1.68. The maximum absolute atomic E-state index is 13.9. The number of aryl methyl sites for hydroxylation is 2. The van der Waals surface area contributed by atoms with Gasteiger partial charge in [0.05, 0.1) is 26.4 Å². The molecule has 0 saturated carbocycles. The molecule has 16 heteroatoms. The Labute approximate surface area is 254 Å². The summed E-state index contributed by atoms with van der Waals surface area (Å²) in [5, 5.41) is 17.9. The summed E-state index contributed by atoms with van der Waals surface area (Å²) in [6.45, 7) is 1.08. The Kier molecular flexibility index (Phi) is 13.2. The monoisotopic (exact) mass is 657 g/mol. The standard InChI is InChI=1S/C25H32N5O6PS4/c26-23-22-25(28-18-27-23)30(9-8-19-4-2-1-3-5-19)24(29-22)20-6-7-21(36-20)37(33,34-12-16-40-38-14-10-31)35-13-17-41-39-15-11-32/h1-7,18,31-32H,8-17H2,(H2,26,27,28). The summed E-state index contributed by atoms with van der Waals surface area (Å²) in [6, 6.07) is 13.3. The molecule has 41 heavy (non-hydrogen) atoms. The van der Waals surface area contributed by atoms with Crippen LogP contribution >= 0.6 is 50.8 Å². The van der Waals surface area contributed by atoms with Crippen molar-refractivity contribution in [2.45, 2.75) is 13.0 Å². The zero-order chi connectivity index (χ0) is 28.9. The summed E-state index contributed by atoms with van der Waals surface area (Å²) in [7, 11) is 2.25. The molecule has 4 rings (SSSR count). The van der Waals surface area contributed by atoms with Crippen LogP contribution in [0, 0.1) is 0 Å². The molecule has 4 aromatic rings. The van der Waals surface area contributed by atoms with Crippen molar-refractivity contribution >= 4 is 73.3 Å². The highest BCUT2D eigenvalue weighted by atomic mass is 33.1. The zero-order valence-corrected chi connectivity index (χ0v) is 26.3. The van der Waals surface area contributed by atoms with Gasteiger partial charge >= 0.3 is 7.60 Å². The van der Waals surface area contributed by atoms with Gasteiger partial charge in [0.15, 0.2) is 28.6 Å². The Morgan fingerprint density at radius 3 is 2.22 bits per heavy atom. The smallest absolute Gasteiger partial charge is 0.396 e. The number of aliphatic hydroxyl groups excluding tert-OH is 2. The maximum atomic E-state index is 13.9. The highest BCUT2D eigenvalue weighted by Crippen LogP contribution is 2.48. The molecule has 222 valence electrons. The Balaban J connectivity index is 1.56. The molecule has 1 aromatic carbocycles. The third kappa shape index (κ3) is 9.15. The average Bonchev–Trinajstić information content (AvgIpc) is 3.63. The molecular weight excluding hydrogens is 626 g/mol. The van der Waals surface area contributed by atoms with Crippen molar-refractivity contribution in [1.82, 2.24) is 19.5 Å². The van der Waals surface area contributed by atoms with E-state index in [1.807, 2.05) is 22.8 Å². The second-order valence-electron chi connectivity index (χ2n) is 8.29. The molecule has 0 bridgehead atoms. The van der Waals surface area contributed by atoms with Crippen LogP contribution in [-0.2, 0) is 26.6 Å². The van der Waals surface area contributed by atoms with E-state index in [2.05, 4.69) is 22.1 Å². The van der Waals surface area contributed by atoms with Crippen LogP contribution in [0.2, 0.25) is 0 Å². The number of hydrogen-bond acceptors (Lipinski definition) is 14. The van der Waals surface area contributed by atoms with Crippen LogP contribution < -0.4 is 11.2 Å². The van der Waals surface area contributed by atoms with E-state index < -0.39 is 7.60 Å². The first kappa shape index (κ1) is 32.2. The number of aliphatic hydroxyl groups is 2. The van der Waals surface area contributed by atoms with Crippen molar-refractivity contribution < 1.29 is 28.2 Å². The van der Waals surface area contributed by atoms with Gasteiger partial charge in [-0.25, -0.2) is 15.0 Å². The number of imidazole rings is 1. The molecular formula is C25H32N5O6PS4. The third-order valence-corrected chi connectivity index (χ3v) is 12.0. The predicted octanol–water partition coefficient (Wildman–Crippen LogP) is 4.51. The van der Waals surface area contributed by atoms with Gasteiger partial charge in [0.1, 0.15) is 6.33 Å². The SMILES string of the molecule is Nc1ncnc2c1nc(-c1ccc(P(=O)(OCCSSCCO)OCCSSCCO)o1)n2CCc1ccccc1. The van der Waals surface area contributed by atoms with Crippen molar-refractivity contribution in [2.75, 3.05) is 55.2 Å². The zero-order valence-electron chi connectivity index (χ0n) is 22.2. The van der Waals surface area contributed by atoms with Gasteiger partial charge in [0, 0.05) is 29.6 Å². The van der Waals surface area contributed by atoms with Gasteiger partial charge in [-0.3, -0.25) is 4.57 Å². The van der Waals surface area contributed by atoms with E-state index in [1.165, 1.54) is 49.5 Å². The number of anilines is 1. The van der Waals surface area contributed by atoms with E-state index in [4.69, 9.17) is 34.4 Å². The van der Waals surface area contributed by atoms with Crippen LogP contribution in [0.15, 0.2) is 53.2 Å². The number of fused-ring (bicyclic) bond motifs is 1. The first-order valence-corrected chi connectivity index (χ1v) is 19.3. The lowest BCUT2D eigenvalue weighted by Gasteiger charge is -2.16. The van der Waals surface area contributed by atoms with Crippen LogP contribution in [0.3, 0.4) is 0 Å². The minimum atomic E-state index is -3.81. The Morgan fingerprint density at radius 2 is 1.56 bits per heavy atom. The topological polar surface area (TPSA) is 159 Å². The van der Waals surface area contributed by atoms with Crippen molar-refractivity contribution in [1.29, 1.82) is 0 Å². The van der Waals surface area contributed by atoms with Crippen LogP contribution in [0.5, 0.6) is 0 Å². The van der Waals surface area contributed by atoms with Crippen molar-refractivity contribution in [2.24, 2.45) is 0 Å². The molecule has 0 aliphatic heterocycles. The average molecular weight is 658 g/mol. The summed E-state index contributed by atoms with van der Waals surface area (Å²) in [5.41, 5.74) is 8.38. The lowest BCUT2D eigenvalue weighted by molar-refractivity contribution is 0.228. The first-order chi connectivity index (χ1) is 20.1. The quantitative estimate of drug-likeness (QED) is 0.0734. The fourth-order valence-corrected chi connectivity index (χ4v) is 8.59. The fourth-order valence-electron chi connectivity index (χ4n) is 3.69. The number of aromatic nitrogens is 4. The third-order valence-electron chi connectivity index (χ3n) is 5.48. The summed E-state index contributed by atoms with van der Waals surface area (Å²) in [6.07, 6.45) is 2.12. The molecule has 0 amide bonds. The molecule has 3 aromatic heterocycles. The normalized spacial score (nSPS) is 12.0. The van der Waals surface area contributed by atoms with E-state index in [0.717, 1.165) is 12.0 Å². The molecule has 0 aliphatic carbocycles. The van der Waals surface area contributed by atoms with Gasteiger partial charge in [-0.05, 0) is 24.1 Å². The molecule has 3 heterocycles. The second-order valence-corrected chi connectivity index (χ2v) is 15.6. The Morgan fingerprint density at radius 1 is 0.902 bits per heavy atom. The van der Waals surface area contributed by atoms with Crippen molar-refractivity contribution in [3.63, 3.8) is 0 Å². The summed E-state index contributed by atoms with van der Waals surface area (Å²) >= 11 is 0. The lowest BCUT2D eigenvalue weighted by atomic mass is 10.1. The molecule has 0 spiro atoms. The minimum absolute atomic E-state index is 0.0780. The number of benzene rings is 1. The number of nitrogens with two attached hydrogens (primary N) is 1. The van der Waals surface area contributed by atoms with Crippen molar-refractivity contribution in [3.05, 3.63) is 54.4 Å². The van der Waals surface area contributed by atoms with Crippen molar-refractivity contribution in [3.8, 4) is 11.6 Å². The number of hydrogen-bond donors (Lipinski definition) is 3. The van der Waals surface area contributed by atoms with Gasteiger partial charge in [0.2, 0.25) is 5.50 Å². The molecule has 4 N–H and O–H groups in total. The Bertz CT molecular complexity index is 1390. The lowest BCUT2D eigenvalue weighted by Crippen LogP contribution is -2.11. The van der Waals surface area contributed by atoms with E-state index >= 15 is 0 Å². The summed E-state index contributed by atoms with van der Waals surface area (Å²) in [4.78, 5) is 13.2. The van der Waals surface area contributed by atoms with Crippen LogP contribution in [0.4, 0.5) is 5.82 Å². The molecule has 0 saturated heterocycles. The minimum Gasteiger partial charge on any atom is -0.445 e. The van der Waals surface area contributed by atoms with Gasteiger partial charge in [-0.15, -0.1) is 0 Å². The van der Waals surface area contributed by atoms with Gasteiger partial charge in [-0.1, -0.05) is 73.5 Å². The van der Waals surface area contributed by atoms with Crippen LogP contribution in [0.25, 0.3) is 22.7 Å². The van der Waals surface area contributed by atoms with E-state index in [1.54, 1.807) is 12.1 Å². The van der Waals surface area contributed by atoms with E-state index in [9.17, 15) is 4.57 Å². The summed E-state index contributed by atoms with van der Waals surface area (Å²) < 4.78 is 33.6. The van der Waals surface area contributed by atoms with E-state index in [0.29, 0.717) is 52.3 Å². The molecule has 0 atom stereocenters. The highest BCUT2D eigenvalue weighted by Gasteiger charge is 2.33. The first-order valence-electron chi connectivity index (χ1n) is 12.8. The molecule has 11 nitrogen and oxygen atoms in total. The number of rotatable bonds is 19. The molecule has 0 radical (unpaired) electrons. The van der Waals surface area contributed by atoms with Crippen LogP contribution in [0.1, 0.15) is 5.56 Å². The van der Waals surface area contributed by atoms with E-state index in [-0.39, 0.29) is 37.7 Å². The van der Waals surface area contributed by atoms with Crippen LogP contribution in [-0.4, -0.2) is 79.2 Å². The summed E-state index contributed by atoms with van der Waals surface area (Å²) in [5.74, 6) is 3.42.